The maximum absolute atomic E-state index is 11.6. The number of aromatic nitrogens is 1. The van der Waals surface area contributed by atoms with E-state index in [1.807, 2.05) is 6.07 Å². The average Bonchev–Trinajstić information content (AvgIpc) is 2.47. The smallest absolute Gasteiger partial charge is 1.00 e. The molecule has 0 spiro atoms. The molecule has 2 aromatic rings. The van der Waals surface area contributed by atoms with E-state index in [2.05, 4.69) is 15.6 Å². The van der Waals surface area contributed by atoms with Crippen molar-refractivity contribution >= 4 is 67.6 Å². The molecule has 22 heavy (non-hydrogen) atoms. The van der Waals surface area contributed by atoms with Crippen molar-refractivity contribution < 1.29 is 12.6 Å². The SMILES string of the molecule is Cl.O=C(NCc1cccnc1)Nc1ccc([N+](=O)[O-])cc1.[Ca+2].[H-].[H-]. The molecule has 0 saturated heterocycles. The fourth-order valence-corrected chi connectivity index (χ4v) is 1.53. The van der Waals surface area contributed by atoms with Crippen molar-refractivity contribution in [3.05, 3.63) is 64.5 Å². The zero-order valence-corrected chi connectivity index (χ0v) is 14.6. The molecule has 9 heteroatoms. The van der Waals surface area contributed by atoms with Gasteiger partial charge >= 0.3 is 43.8 Å². The quantitative estimate of drug-likeness (QED) is 0.503. The molecule has 0 saturated carbocycles. The van der Waals surface area contributed by atoms with Gasteiger partial charge in [-0.05, 0) is 23.8 Å². The van der Waals surface area contributed by atoms with Crippen molar-refractivity contribution in [3.8, 4) is 0 Å². The third-order valence-corrected chi connectivity index (χ3v) is 2.51. The van der Waals surface area contributed by atoms with Crippen LogP contribution >= 0.6 is 12.4 Å². The number of carbonyl (C=O) groups excluding carboxylic acids is 1. The summed E-state index contributed by atoms with van der Waals surface area (Å²) in [6, 6.07) is 8.85. The van der Waals surface area contributed by atoms with E-state index >= 15 is 0 Å². The second kappa shape index (κ2) is 10.3. The summed E-state index contributed by atoms with van der Waals surface area (Å²) in [4.78, 5) is 25.6. The Morgan fingerprint density at radius 3 is 2.50 bits per heavy atom. The first-order chi connectivity index (χ1) is 9.65. The molecule has 2 rings (SSSR count). The summed E-state index contributed by atoms with van der Waals surface area (Å²) in [5, 5.41) is 15.7. The third-order valence-electron chi connectivity index (χ3n) is 2.51. The number of nitro groups is 1. The number of benzene rings is 1. The van der Waals surface area contributed by atoms with E-state index in [0.29, 0.717) is 12.2 Å². The van der Waals surface area contributed by atoms with Crippen LogP contribution in [0.2, 0.25) is 0 Å². The molecule has 0 aliphatic heterocycles. The molecule has 1 aromatic carbocycles. The Kier molecular flexibility index (Phi) is 9.68. The van der Waals surface area contributed by atoms with Crippen LogP contribution in [0, 0.1) is 10.1 Å². The van der Waals surface area contributed by atoms with E-state index in [0.717, 1.165) is 5.56 Å². The van der Waals surface area contributed by atoms with Gasteiger partial charge in [0.05, 0.1) is 4.92 Å². The summed E-state index contributed by atoms with van der Waals surface area (Å²) in [6.07, 6.45) is 3.31. The summed E-state index contributed by atoms with van der Waals surface area (Å²) < 4.78 is 0. The first-order valence-corrected chi connectivity index (χ1v) is 5.83. The van der Waals surface area contributed by atoms with Crippen LogP contribution in [0.15, 0.2) is 48.8 Å². The molecule has 0 fully saturated rings. The first-order valence-electron chi connectivity index (χ1n) is 5.83. The molecular formula is C13H15CaClN4O3. The number of non-ortho nitro benzene ring substituents is 1. The van der Waals surface area contributed by atoms with Gasteiger partial charge in [0.2, 0.25) is 0 Å². The predicted octanol–water partition coefficient (Wildman–Crippen LogP) is 2.58. The zero-order valence-electron chi connectivity index (χ0n) is 13.6. The van der Waals surface area contributed by atoms with Crippen molar-refractivity contribution in [1.29, 1.82) is 0 Å². The maximum Gasteiger partial charge on any atom is 2.00 e. The Bertz CT molecular complexity index is 620. The summed E-state index contributed by atoms with van der Waals surface area (Å²) in [5.74, 6) is 0. The molecule has 114 valence electrons. The number of rotatable bonds is 4. The summed E-state index contributed by atoms with van der Waals surface area (Å²) in [6.45, 7) is 0.354. The van der Waals surface area contributed by atoms with E-state index < -0.39 is 4.92 Å². The number of nitro benzene ring substituents is 1. The molecule has 2 amide bonds. The van der Waals surface area contributed by atoms with E-state index in [9.17, 15) is 14.9 Å². The number of carbonyl (C=O) groups is 1. The number of hydrogen-bond donors (Lipinski definition) is 2. The second-order valence-electron chi connectivity index (χ2n) is 3.97. The molecule has 1 aromatic heterocycles. The van der Waals surface area contributed by atoms with Gasteiger partial charge in [0.25, 0.3) is 5.69 Å². The van der Waals surface area contributed by atoms with Crippen LogP contribution in [0.5, 0.6) is 0 Å². The van der Waals surface area contributed by atoms with Gasteiger partial charge in [-0.25, -0.2) is 4.79 Å². The van der Waals surface area contributed by atoms with Crippen LogP contribution in [0.25, 0.3) is 0 Å². The van der Waals surface area contributed by atoms with Crippen LogP contribution in [-0.2, 0) is 6.54 Å². The Morgan fingerprint density at radius 2 is 1.95 bits per heavy atom. The number of hydrogen-bond acceptors (Lipinski definition) is 4. The molecule has 0 aliphatic rings. The van der Waals surface area contributed by atoms with Crippen LogP contribution < -0.4 is 10.6 Å². The molecule has 0 bridgehead atoms. The van der Waals surface area contributed by atoms with Crippen molar-refractivity contribution in [2.24, 2.45) is 0 Å². The number of pyridine rings is 1. The van der Waals surface area contributed by atoms with E-state index in [-0.39, 0.29) is 64.7 Å². The van der Waals surface area contributed by atoms with Crippen LogP contribution in [-0.4, -0.2) is 53.7 Å². The first kappa shape index (κ1) is 20.6. The monoisotopic (exact) mass is 350 g/mol. The summed E-state index contributed by atoms with van der Waals surface area (Å²) in [5.41, 5.74) is 1.34. The van der Waals surface area contributed by atoms with Gasteiger partial charge < -0.3 is 13.5 Å². The zero-order chi connectivity index (χ0) is 14.4. The molecule has 1 heterocycles. The number of urea groups is 1. The fraction of sp³-hybridized carbons (Fsp3) is 0.0769. The maximum atomic E-state index is 11.6. The standard InChI is InChI=1S/C13H12N4O3.Ca.ClH.2H/c18-13(15-9-10-2-1-7-14-8-10)16-11-3-5-12(6-4-11)17(19)20;;;;/h1-8H,9H2,(H2,15,16,18);;1H;;/q;+2;;2*-1. The number of nitrogens with one attached hydrogen (secondary N) is 2. The van der Waals surface area contributed by atoms with Gasteiger partial charge in [-0.15, -0.1) is 12.4 Å². The fourth-order valence-electron chi connectivity index (χ4n) is 1.53. The summed E-state index contributed by atoms with van der Waals surface area (Å²) in [7, 11) is 0. The average molecular weight is 351 g/mol. The van der Waals surface area contributed by atoms with Gasteiger partial charge in [-0.1, -0.05) is 6.07 Å². The van der Waals surface area contributed by atoms with Gasteiger partial charge in [0.15, 0.2) is 0 Å². The number of halogens is 1. The number of nitrogens with zero attached hydrogens (tertiary/aromatic N) is 2. The van der Waals surface area contributed by atoms with Crippen LogP contribution in [0.3, 0.4) is 0 Å². The van der Waals surface area contributed by atoms with Gasteiger partial charge in [-0.3, -0.25) is 15.1 Å². The predicted molar refractivity (Wildman–Crippen MR) is 88.4 cm³/mol. The van der Waals surface area contributed by atoms with Crippen molar-refractivity contribution in [1.82, 2.24) is 10.3 Å². The van der Waals surface area contributed by atoms with Gasteiger partial charge in [0, 0.05) is 36.8 Å². The number of amides is 2. The summed E-state index contributed by atoms with van der Waals surface area (Å²) >= 11 is 0. The van der Waals surface area contributed by atoms with Crippen molar-refractivity contribution in [3.63, 3.8) is 0 Å². The van der Waals surface area contributed by atoms with Crippen LogP contribution in [0.4, 0.5) is 16.2 Å². The minimum atomic E-state index is -0.494. The second-order valence-corrected chi connectivity index (χ2v) is 3.97. The Morgan fingerprint density at radius 1 is 1.27 bits per heavy atom. The van der Waals surface area contributed by atoms with E-state index in [1.54, 1.807) is 18.5 Å². The van der Waals surface area contributed by atoms with Gasteiger partial charge in [0.1, 0.15) is 0 Å². The van der Waals surface area contributed by atoms with Gasteiger partial charge in [-0.2, -0.15) is 0 Å². The van der Waals surface area contributed by atoms with Crippen molar-refractivity contribution in [2.75, 3.05) is 5.32 Å². The van der Waals surface area contributed by atoms with Crippen LogP contribution in [0.1, 0.15) is 8.42 Å². The van der Waals surface area contributed by atoms with E-state index in [4.69, 9.17) is 0 Å². The van der Waals surface area contributed by atoms with E-state index in [1.165, 1.54) is 24.3 Å². The largest absolute Gasteiger partial charge is 2.00 e. The molecule has 0 aliphatic carbocycles. The minimum absolute atomic E-state index is 0. The molecule has 0 atom stereocenters. The Balaban J connectivity index is -0.00000110. The minimum Gasteiger partial charge on any atom is -1.00 e. The molecule has 7 nitrogen and oxygen atoms in total. The topological polar surface area (TPSA) is 97.2 Å². The Labute approximate surface area is 166 Å². The number of anilines is 1. The normalized spacial score (nSPS) is 8.91. The Hall–Kier alpha value is -1.41. The van der Waals surface area contributed by atoms with Crippen molar-refractivity contribution in [2.45, 2.75) is 6.54 Å². The molecule has 0 radical (unpaired) electrons. The molecular weight excluding hydrogens is 336 g/mol. The molecule has 0 unspecified atom stereocenters. The molecule has 2 N–H and O–H groups in total. The third kappa shape index (κ3) is 6.57.